The number of hydrogen-bond acceptors (Lipinski definition) is 4. The maximum Gasteiger partial charge on any atom is 0.232 e. The molecule has 0 radical (unpaired) electrons. The summed E-state index contributed by atoms with van der Waals surface area (Å²) in [5.74, 6) is -0.864. The van der Waals surface area contributed by atoms with Gasteiger partial charge in [0.2, 0.25) is 5.91 Å². The summed E-state index contributed by atoms with van der Waals surface area (Å²) in [5, 5.41) is 0. The monoisotopic (exact) mass is 406 g/mol. The van der Waals surface area contributed by atoms with Gasteiger partial charge in [0.15, 0.2) is 0 Å². The molecule has 0 aliphatic carbocycles. The lowest BCUT2D eigenvalue weighted by atomic mass is 9.87. The lowest BCUT2D eigenvalue weighted by Crippen LogP contribution is -2.41. The van der Waals surface area contributed by atoms with Gasteiger partial charge < -0.3 is 14.5 Å². The topological polar surface area (TPSA) is 57.7 Å². The van der Waals surface area contributed by atoms with Crippen LogP contribution in [0.1, 0.15) is 18.1 Å². The number of nitrogens with zero attached hydrogens (tertiary/aromatic N) is 2. The van der Waals surface area contributed by atoms with Crippen LogP contribution < -0.4 is 4.90 Å². The molecular weight excluding hydrogens is 376 g/mol. The second-order valence-electron chi connectivity index (χ2n) is 7.54. The fourth-order valence-electron chi connectivity index (χ4n) is 4.25. The molecule has 2 aromatic rings. The van der Waals surface area contributed by atoms with Crippen LogP contribution in [0.3, 0.4) is 0 Å². The minimum absolute atomic E-state index is 0.0433. The van der Waals surface area contributed by atoms with Crippen LogP contribution in [-0.2, 0) is 20.9 Å². The van der Waals surface area contributed by atoms with Gasteiger partial charge in [0.1, 0.15) is 13.1 Å². The van der Waals surface area contributed by atoms with E-state index in [1.807, 2.05) is 62.3 Å². The quantitative estimate of drug-likeness (QED) is 0.543. The van der Waals surface area contributed by atoms with Crippen molar-refractivity contribution in [3.05, 3.63) is 78.4 Å². The van der Waals surface area contributed by atoms with Crippen LogP contribution in [-0.4, -0.2) is 43.0 Å². The van der Waals surface area contributed by atoms with Gasteiger partial charge in [-0.15, -0.1) is 6.58 Å². The number of carbonyl (C=O) groups excluding carboxylic acids is 3. The molecule has 30 heavy (non-hydrogen) atoms. The predicted molar refractivity (Wildman–Crippen MR) is 120 cm³/mol. The third-order valence-electron chi connectivity index (χ3n) is 6.02. The van der Waals surface area contributed by atoms with E-state index in [0.717, 1.165) is 12.0 Å². The number of carbonyl (C=O) groups is 3. The SMILES string of the molecule is C=CC1C(C(=O)N(C)c2ccccc2)C(C=O)C(C)N1Cc1ccccc1C.C=O. The van der Waals surface area contributed by atoms with E-state index in [4.69, 9.17) is 4.79 Å². The fraction of sp³-hybridized carbons (Fsp3) is 0.320. The standard InChI is InChI=1S/C24H28N2O2.CH2O/c1-5-22-23(24(28)25(4)20-13-7-6-8-14-20)21(16-27)18(3)26(22)15-19-12-10-9-11-17(19)2;1-2/h5-14,16,18,21-23H,1,15H2,2-4H3;1H2. The zero-order valence-corrected chi connectivity index (χ0v) is 17.9. The van der Waals surface area contributed by atoms with Crippen molar-refractivity contribution in [3.8, 4) is 0 Å². The summed E-state index contributed by atoms with van der Waals surface area (Å²) in [5.41, 5.74) is 3.23. The number of rotatable bonds is 6. The Morgan fingerprint density at radius 2 is 1.70 bits per heavy atom. The zero-order chi connectivity index (χ0) is 22.3. The number of likely N-dealkylation sites (tertiary alicyclic amines) is 1. The number of aryl methyl sites for hydroxylation is 1. The van der Waals surface area contributed by atoms with Crippen LogP contribution in [0.25, 0.3) is 0 Å². The Labute approximate surface area is 179 Å². The Balaban J connectivity index is 0.00000155. The first-order valence-electron chi connectivity index (χ1n) is 9.99. The van der Waals surface area contributed by atoms with Crippen molar-refractivity contribution < 1.29 is 14.4 Å². The maximum atomic E-state index is 13.4. The molecular formula is C25H30N2O3. The van der Waals surface area contributed by atoms with Crippen molar-refractivity contribution in [1.29, 1.82) is 0 Å². The Morgan fingerprint density at radius 3 is 2.27 bits per heavy atom. The van der Waals surface area contributed by atoms with Crippen molar-refractivity contribution in [2.75, 3.05) is 11.9 Å². The number of amides is 1. The molecule has 1 heterocycles. The van der Waals surface area contributed by atoms with Gasteiger partial charge >= 0.3 is 0 Å². The molecule has 0 aromatic heterocycles. The highest BCUT2D eigenvalue weighted by molar-refractivity contribution is 5.97. The molecule has 0 spiro atoms. The van der Waals surface area contributed by atoms with Gasteiger partial charge in [-0.2, -0.15) is 0 Å². The number of hydrogen-bond donors (Lipinski definition) is 0. The van der Waals surface area contributed by atoms with Crippen molar-refractivity contribution in [2.45, 2.75) is 32.5 Å². The maximum absolute atomic E-state index is 13.4. The zero-order valence-electron chi connectivity index (χ0n) is 17.9. The first kappa shape index (κ1) is 23.2. The normalized spacial score (nSPS) is 23.2. The van der Waals surface area contributed by atoms with Gasteiger partial charge in [-0.25, -0.2) is 0 Å². The van der Waals surface area contributed by atoms with Crippen LogP contribution >= 0.6 is 0 Å². The molecule has 1 saturated heterocycles. The lowest BCUT2D eigenvalue weighted by molar-refractivity contribution is -0.126. The van der Waals surface area contributed by atoms with E-state index in [1.54, 1.807) is 11.9 Å². The Hall–Kier alpha value is -3.05. The molecule has 1 aliphatic rings. The summed E-state index contributed by atoms with van der Waals surface area (Å²) in [6, 6.07) is 17.5. The van der Waals surface area contributed by atoms with Gasteiger partial charge in [0, 0.05) is 37.3 Å². The molecule has 0 bridgehead atoms. The van der Waals surface area contributed by atoms with Gasteiger partial charge in [-0.05, 0) is 37.1 Å². The summed E-state index contributed by atoms with van der Waals surface area (Å²) >= 11 is 0. The molecule has 0 saturated carbocycles. The first-order valence-corrected chi connectivity index (χ1v) is 9.99. The average molecular weight is 407 g/mol. The second-order valence-corrected chi connectivity index (χ2v) is 7.54. The highest BCUT2D eigenvalue weighted by atomic mass is 16.2. The lowest BCUT2D eigenvalue weighted by Gasteiger charge is -2.29. The Kier molecular flexibility index (Phi) is 8.25. The smallest absolute Gasteiger partial charge is 0.232 e. The largest absolute Gasteiger partial charge is 0.315 e. The molecule has 3 rings (SSSR count). The van der Waals surface area contributed by atoms with Gasteiger partial charge in [0.05, 0.1) is 5.92 Å². The van der Waals surface area contributed by atoms with Crippen molar-refractivity contribution in [2.24, 2.45) is 11.8 Å². The third-order valence-corrected chi connectivity index (χ3v) is 6.02. The molecule has 1 fully saturated rings. The van der Waals surface area contributed by atoms with E-state index in [-0.39, 0.29) is 23.9 Å². The number of anilines is 1. The van der Waals surface area contributed by atoms with Crippen LogP contribution in [0, 0.1) is 18.8 Å². The van der Waals surface area contributed by atoms with E-state index < -0.39 is 5.92 Å². The first-order chi connectivity index (χ1) is 14.5. The molecule has 0 N–H and O–H groups in total. The van der Waals surface area contributed by atoms with Crippen molar-refractivity contribution in [1.82, 2.24) is 4.90 Å². The summed E-state index contributed by atoms with van der Waals surface area (Å²) in [7, 11) is 1.77. The molecule has 5 nitrogen and oxygen atoms in total. The highest BCUT2D eigenvalue weighted by Crippen LogP contribution is 2.38. The van der Waals surface area contributed by atoms with E-state index >= 15 is 0 Å². The third kappa shape index (κ3) is 4.57. The van der Waals surface area contributed by atoms with E-state index in [2.05, 4.69) is 30.5 Å². The number of para-hydroxylation sites is 1. The van der Waals surface area contributed by atoms with Crippen molar-refractivity contribution in [3.63, 3.8) is 0 Å². The predicted octanol–water partition coefficient (Wildman–Crippen LogP) is 3.66. The highest BCUT2D eigenvalue weighted by Gasteiger charge is 2.49. The second kappa shape index (κ2) is 10.6. The van der Waals surface area contributed by atoms with Gasteiger partial charge in [-0.3, -0.25) is 9.69 Å². The molecule has 2 aromatic carbocycles. The van der Waals surface area contributed by atoms with Crippen LogP contribution in [0.2, 0.25) is 0 Å². The number of aldehydes is 1. The summed E-state index contributed by atoms with van der Waals surface area (Å²) in [4.78, 5) is 37.3. The molecule has 1 amide bonds. The van der Waals surface area contributed by atoms with E-state index in [1.165, 1.54) is 11.1 Å². The number of benzene rings is 2. The van der Waals surface area contributed by atoms with E-state index in [9.17, 15) is 9.59 Å². The molecule has 1 aliphatic heterocycles. The van der Waals surface area contributed by atoms with Crippen LogP contribution in [0.5, 0.6) is 0 Å². The van der Waals surface area contributed by atoms with Crippen LogP contribution in [0.15, 0.2) is 67.3 Å². The summed E-state index contributed by atoms with van der Waals surface area (Å²) in [6.07, 6.45) is 2.76. The van der Waals surface area contributed by atoms with E-state index in [0.29, 0.717) is 6.54 Å². The Bertz CT molecular complexity index is 868. The van der Waals surface area contributed by atoms with Crippen LogP contribution in [0.4, 0.5) is 5.69 Å². The van der Waals surface area contributed by atoms with Gasteiger partial charge in [0.25, 0.3) is 0 Å². The fourth-order valence-corrected chi connectivity index (χ4v) is 4.25. The molecule has 158 valence electrons. The summed E-state index contributed by atoms with van der Waals surface area (Å²) < 4.78 is 0. The molecule has 5 heteroatoms. The average Bonchev–Trinajstić information content (AvgIpc) is 3.06. The molecule has 4 atom stereocenters. The van der Waals surface area contributed by atoms with Gasteiger partial charge in [-0.1, -0.05) is 48.5 Å². The minimum Gasteiger partial charge on any atom is -0.315 e. The summed E-state index contributed by atoms with van der Waals surface area (Å²) in [6.45, 7) is 10.8. The Morgan fingerprint density at radius 1 is 1.10 bits per heavy atom. The molecule has 4 unspecified atom stereocenters. The minimum atomic E-state index is -0.445. The van der Waals surface area contributed by atoms with Crippen molar-refractivity contribution >= 4 is 24.7 Å².